The number of ketones is 1. The molecule has 1 rings (SSSR count). The number of methoxy groups -OCH3 is 2. The van der Waals surface area contributed by atoms with Crippen LogP contribution in [-0.4, -0.2) is 25.1 Å². The van der Waals surface area contributed by atoms with Crippen molar-refractivity contribution in [1.82, 2.24) is 0 Å². The summed E-state index contributed by atoms with van der Waals surface area (Å²) in [5, 5.41) is 9.59. The first-order valence-electron chi connectivity index (χ1n) is 4.27. The summed E-state index contributed by atoms with van der Waals surface area (Å²) in [4.78, 5) is 11.3. The van der Waals surface area contributed by atoms with Crippen molar-refractivity contribution in [2.45, 2.75) is 6.92 Å². The molecule has 0 radical (unpaired) electrons. The Bertz CT molecular complexity index is 401. The number of anilines is 1. The lowest BCUT2D eigenvalue weighted by Crippen LogP contribution is -2.04. The minimum atomic E-state index is -0.321. The van der Waals surface area contributed by atoms with Crippen molar-refractivity contribution in [3.63, 3.8) is 0 Å². The van der Waals surface area contributed by atoms with Crippen molar-refractivity contribution in [3.05, 3.63) is 11.6 Å². The predicted octanol–water partition coefficient (Wildman–Crippen LogP) is 1.19. The molecule has 1 aromatic rings. The van der Waals surface area contributed by atoms with E-state index in [-0.39, 0.29) is 34.3 Å². The van der Waals surface area contributed by atoms with Gasteiger partial charge in [0.25, 0.3) is 0 Å². The van der Waals surface area contributed by atoms with Gasteiger partial charge in [-0.05, 0) is 6.92 Å². The van der Waals surface area contributed by atoms with Gasteiger partial charge in [0.2, 0.25) is 0 Å². The molecule has 1 aromatic carbocycles. The van der Waals surface area contributed by atoms with Gasteiger partial charge in [0.1, 0.15) is 22.7 Å². The predicted molar refractivity (Wildman–Crippen MR) is 55.6 cm³/mol. The fraction of sp³-hybridized carbons (Fsp3) is 0.300. The Morgan fingerprint density at radius 2 is 2.00 bits per heavy atom. The molecule has 0 bridgehead atoms. The van der Waals surface area contributed by atoms with Crippen molar-refractivity contribution in [2.24, 2.45) is 0 Å². The smallest absolute Gasteiger partial charge is 0.167 e. The van der Waals surface area contributed by atoms with Crippen molar-refractivity contribution >= 4 is 11.5 Å². The van der Waals surface area contributed by atoms with Crippen LogP contribution in [0.1, 0.15) is 17.3 Å². The Morgan fingerprint density at radius 3 is 2.40 bits per heavy atom. The van der Waals surface area contributed by atoms with E-state index in [0.29, 0.717) is 0 Å². The number of phenolic OH excluding ortho intramolecular Hbond substituents is 1. The fourth-order valence-electron chi connectivity index (χ4n) is 1.36. The molecular weight excluding hydrogens is 198 g/mol. The molecule has 0 aliphatic rings. The number of nitrogens with two attached hydrogens (primary N) is 1. The summed E-state index contributed by atoms with van der Waals surface area (Å²) in [5.74, 6) is -0.113. The molecule has 15 heavy (non-hydrogen) atoms. The molecule has 82 valence electrons. The zero-order valence-electron chi connectivity index (χ0n) is 8.83. The number of nitrogen functional groups attached to an aromatic ring is 1. The number of hydrogen-bond donors (Lipinski definition) is 2. The molecule has 0 heterocycles. The van der Waals surface area contributed by atoms with Gasteiger partial charge >= 0.3 is 0 Å². The first-order chi connectivity index (χ1) is 7.02. The van der Waals surface area contributed by atoms with E-state index in [1.165, 1.54) is 27.2 Å². The molecule has 5 heteroatoms. The van der Waals surface area contributed by atoms with E-state index in [1.807, 2.05) is 0 Å². The molecule has 0 atom stereocenters. The summed E-state index contributed by atoms with van der Waals surface area (Å²) < 4.78 is 9.90. The van der Waals surface area contributed by atoms with Crippen LogP contribution < -0.4 is 15.2 Å². The molecule has 0 amide bonds. The van der Waals surface area contributed by atoms with Crippen LogP contribution in [0.3, 0.4) is 0 Å². The molecule has 3 N–H and O–H groups in total. The molecule has 0 aliphatic carbocycles. The minimum Gasteiger partial charge on any atom is -0.507 e. The van der Waals surface area contributed by atoms with Crippen molar-refractivity contribution < 1.29 is 19.4 Å². The van der Waals surface area contributed by atoms with Crippen LogP contribution in [0.25, 0.3) is 0 Å². The summed E-state index contributed by atoms with van der Waals surface area (Å²) in [6.45, 7) is 1.32. The maximum Gasteiger partial charge on any atom is 0.167 e. The summed E-state index contributed by atoms with van der Waals surface area (Å²) >= 11 is 0. The first-order valence-corrected chi connectivity index (χ1v) is 4.27. The number of carbonyl (C=O) groups excluding carboxylic acids is 1. The van der Waals surface area contributed by atoms with Gasteiger partial charge in [-0.2, -0.15) is 0 Å². The van der Waals surface area contributed by atoms with Crippen molar-refractivity contribution in [3.8, 4) is 17.2 Å². The molecule has 0 spiro atoms. The number of carbonyl (C=O) groups is 1. The van der Waals surface area contributed by atoms with Gasteiger partial charge in [0.05, 0.1) is 14.2 Å². The second kappa shape index (κ2) is 4.08. The molecule has 0 aliphatic heterocycles. The van der Waals surface area contributed by atoms with Crippen LogP contribution in [0, 0.1) is 0 Å². The number of phenols is 1. The standard InChI is InChI=1S/C10H13NO4/c1-5(12)8-6(13)4-7(14-2)9(11)10(8)15-3/h4,13H,11H2,1-3H3. The quantitative estimate of drug-likeness (QED) is 0.446. The van der Waals surface area contributed by atoms with Crippen LogP contribution in [0.2, 0.25) is 0 Å². The normalized spacial score (nSPS) is 9.80. The Balaban J connectivity index is 3.53. The van der Waals surface area contributed by atoms with E-state index >= 15 is 0 Å². The number of aromatic hydroxyl groups is 1. The summed E-state index contributed by atoms with van der Waals surface area (Å²) in [6.07, 6.45) is 0. The van der Waals surface area contributed by atoms with Crippen LogP contribution in [0.4, 0.5) is 5.69 Å². The Hall–Kier alpha value is -1.91. The second-order valence-corrected chi connectivity index (χ2v) is 2.98. The highest BCUT2D eigenvalue weighted by Gasteiger charge is 2.20. The van der Waals surface area contributed by atoms with Gasteiger partial charge in [-0.1, -0.05) is 0 Å². The van der Waals surface area contributed by atoms with E-state index in [2.05, 4.69) is 0 Å². The fourth-order valence-corrected chi connectivity index (χ4v) is 1.36. The van der Waals surface area contributed by atoms with E-state index in [0.717, 1.165) is 0 Å². The number of rotatable bonds is 3. The summed E-state index contributed by atoms with van der Waals surface area (Å²) in [6, 6.07) is 1.29. The molecule has 0 aromatic heterocycles. The zero-order chi connectivity index (χ0) is 11.6. The summed E-state index contributed by atoms with van der Waals surface area (Å²) in [5.41, 5.74) is 5.96. The highest BCUT2D eigenvalue weighted by atomic mass is 16.5. The van der Waals surface area contributed by atoms with Crippen LogP contribution in [0.15, 0.2) is 6.07 Å². The van der Waals surface area contributed by atoms with Gasteiger partial charge in [-0.15, -0.1) is 0 Å². The minimum absolute atomic E-state index is 0.0656. The zero-order valence-corrected chi connectivity index (χ0v) is 8.83. The largest absolute Gasteiger partial charge is 0.507 e. The lowest BCUT2D eigenvalue weighted by molar-refractivity contribution is 0.101. The Labute approximate surface area is 87.4 Å². The third kappa shape index (κ3) is 1.81. The molecular formula is C10H13NO4. The van der Waals surface area contributed by atoms with Crippen LogP contribution >= 0.6 is 0 Å². The molecule has 0 saturated heterocycles. The average molecular weight is 211 g/mol. The van der Waals surface area contributed by atoms with Crippen molar-refractivity contribution in [2.75, 3.05) is 20.0 Å². The summed E-state index contributed by atoms with van der Waals surface area (Å²) in [7, 11) is 2.79. The first kappa shape index (κ1) is 11.2. The lowest BCUT2D eigenvalue weighted by Gasteiger charge is -2.13. The molecule has 0 unspecified atom stereocenters. The van der Waals surface area contributed by atoms with E-state index < -0.39 is 0 Å². The van der Waals surface area contributed by atoms with Gasteiger partial charge in [0, 0.05) is 6.07 Å². The maximum atomic E-state index is 11.3. The van der Waals surface area contributed by atoms with Gasteiger partial charge < -0.3 is 20.3 Å². The number of ether oxygens (including phenoxy) is 2. The van der Waals surface area contributed by atoms with E-state index in [4.69, 9.17) is 15.2 Å². The van der Waals surface area contributed by atoms with Crippen LogP contribution in [0.5, 0.6) is 17.2 Å². The highest BCUT2D eigenvalue weighted by molar-refractivity contribution is 6.02. The Morgan fingerprint density at radius 1 is 1.40 bits per heavy atom. The van der Waals surface area contributed by atoms with E-state index in [1.54, 1.807) is 0 Å². The van der Waals surface area contributed by atoms with Gasteiger partial charge in [0.15, 0.2) is 11.5 Å². The lowest BCUT2D eigenvalue weighted by atomic mass is 10.1. The van der Waals surface area contributed by atoms with Gasteiger partial charge in [-0.3, -0.25) is 4.79 Å². The highest BCUT2D eigenvalue weighted by Crippen LogP contribution is 2.40. The third-order valence-corrected chi connectivity index (χ3v) is 2.04. The SMILES string of the molecule is COc1cc(O)c(C(C)=O)c(OC)c1N. The maximum absolute atomic E-state index is 11.3. The molecule has 0 saturated carbocycles. The third-order valence-electron chi connectivity index (χ3n) is 2.04. The number of benzene rings is 1. The average Bonchev–Trinajstić information content (AvgIpc) is 2.19. The van der Waals surface area contributed by atoms with Gasteiger partial charge in [-0.25, -0.2) is 0 Å². The van der Waals surface area contributed by atoms with Crippen molar-refractivity contribution in [1.29, 1.82) is 0 Å². The Kier molecular flexibility index (Phi) is 3.04. The number of hydrogen-bond acceptors (Lipinski definition) is 5. The second-order valence-electron chi connectivity index (χ2n) is 2.98. The topological polar surface area (TPSA) is 81.8 Å². The monoisotopic (exact) mass is 211 g/mol. The molecule has 5 nitrogen and oxygen atoms in total. The van der Waals surface area contributed by atoms with Crippen LogP contribution in [-0.2, 0) is 0 Å². The molecule has 0 fully saturated rings. The van der Waals surface area contributed by atoms with E-state index in [9.17, 15) is 9.90 Å². The number of Topliss-reactive ketones (excluding diaryl/α,β-unsaturated/α-hetero) is 1.